The number of rotatable bonds is 3. The van der Waals surface area contributed by atoms with Crippen LogP contribution < -0.4 is 5.43 Å². The highest BCUT2D eigenvalue weighted by Crippen LogP contribution is 2.31. The van der Waals surface area contributed by atoms with Crippen LogP contribution in [0.2, 0.25) is 0 Å². The molecule has 0 bridgehead atoms. The fraction of sp³-hybridized carbons (Fsp3) is 0. The van der Waals surface area contributed by atoms with Crippen molar-refractivity contribution in [2.45, 2.75) is 0 Å². The molecule has 0 amide bonds. The average Bonchev–Trinajstić information content (AvgIpc) is 2.55. The molecule has 0 saturated heterocycles. The van der Waals surface area contributed by atoms with Gasteiger partial charge in [-0.15, -0.1) is 0 Å². The number of nitrogens with zero attached hydrogens (tertiary/aromatic N) is 1. The van der Waals surface area contributed by atoms with Crippen molar-refractivity contribution in [2.75, 3.05) is 0 Å². The Hall–Kier alpha value is -3.28. The lowest BCUT2D eigenvalue weighted by Gasteiger charge is -2.05. The lowest BCUT2D eigenvalue weighted by atomic mass is 10.0. The number of hydrogen-bond acceptors (Lipinski definition) is 5. The van der Waals surface area contributed by atoms with Gasteiger partial charge in [0.15, 0.2) is 6.29 Å². The first-order valence-electron chi connectivity index (χ1n) is 6.36. The zero-order chi connectivity index (χ0) is 15.7. The van der Waals surface area contributed by atoms with E-state index in [2.05, 4.69) is 0 Å². The third kappa shape index (κ3) is 2.16. The van der Waals surface area contributed by atoms with E-state index in [1.54, 1.807) is 24.3 Å². The van der Waals surface area contributed by atoms with Gasteiger partial charge >= 0.3 is 5.69 Å². The van der Waals surface area contributed by atoms with Crippen LogP contribution in [0.25, 0.3) is 22.1 Å². The lowest BCUT2D eigenvalue weighted by molar-refractivity contribution is -0.383. The summed E-state index contributed by atoms with van der Waals surface area (Å²) >= 11 is 0. The fourth-order valence-corrected chi connectivity index (χ4v) is 2.25. The Morgan fingerprint density at radius 3 is 2.45 bits per heavy atom. The second kappa shape index (κ2) is 5.25. The van der Waals surface area contributed by atoms with Crippen LogP contribution in [0.15, 0.2) is 57.9 Å². The van der Waals surface area contributed by atoms with Crippen LogP contribution in [0.5, 0.6) is 0 Å². The molecule has 108 valence electrons. The highest BCUT2D eigenvalue weighted by Gasteiger charge is 2.20. The maximum atomic E-state index is 12.2. The number of nitro groups is 1. The van der Waals surface area contributed by atoms with Crippen molar-refractivity contribution in [3.8, 4) is 11.1 Å². The third-order valence-corrected chi connectivity index (χ3v) is 3.31. The highest BCUT2D eigenvalue weighted by molar-refractivity contribution is 5.93. The van der Waals surface area contributed by atoms with E-state index in [9.17, 15) is 19.7 Å². The van der Waals surface area contributed by atoms with Crippen LogP contribution in [-0.4, -0.2) is 11.2 Å². The summed E-state index contributed by atoms with van der Waals surface area (Å²) in [4.78, 5) is 33.7. The standard InChI is InChI=1S/C16H9NO5/c18-8-12-9-22-16-13(15(12)19)6-11(7-14(16)17(20)21)10-4-2-1-3-5-10/h1-9H. The highest BCUT2D eigenvalue weighted by atomic mass is 16.6. The molecule has 0 aliphatic carbocycles. The number of carbonyl (C=O) groups excluding carboxylic acids is 1. The zero-order valence-corrected chi connectivity index (χ0v) is 11.2. The minimum atomic E-state index is -0.613. The maximum absolute atomic E-state index is 12.2. The summed E-state index contributed by atoms with van der Waals surface area (Å²) in [5.41, 5.74) is 0.0221. The molecular formula is C16H9NO5. The van der Waals surface area contributed by atoms with E-state index in [-0.39, 0.29) is 22.2 Å². The second-order valence-electron chi connectivity index (χ2n) is 4.63. The van der Waals surface area contributed by atoms with Gasteiger partial charge in [-0.1, -0.05) is 30.3 Å². The van der Waals surface area contributed by atoms with E-state index < -0.39 is 10.4 Å². The Kier molecular flexibility index (Phi) is 3.27. The molecule has 0 aliphatic heterocycles. The molecule has 1 heterocycles. The molecule has 0 spiro atoms. The minimum Gasteiger partial charge on any atom is -0.456 e. The number of benzene rings is 2. The number of fused-ring (bicyclic) bond motifs is 1. The van der Waals surface area contributed by atoms with Crippen LogP contribution in [0.1, 0.15) is 10.4 Å². The van der Waals surface area contributed by atoms with Gasteiger partial charge in [0.25, 0.3) is 0 Å². The molecule has 0 saturated carbocycles. The lowest BCUT2D eigenvalue weighted by Crippen LogP contribution is -2.08. The van der Waals surface area contributed by atoms with Gasteiger partial charge in [0.05, 0.1) is 15.9 Å². The normalized spacial score (nSPS) is 10.5. The van der Waals surface area contributed by atoms with Crippen molar-refractivity contribution in [3.63, 3.8) is 0 Å². The van der Waals surface area contributed by atoms with Gasteiger partial charge in [-0.3, -0.25) is 19.7 Å². The molecule has 0 fully saturated rings. The molecule has 0 N–H and O–H groups in total. The van der Waals surface area contributed by atoms with Gasteiger partial charge in [-0.2, -0.15) is 0 Å². The van der Waals surface area contributed by atoms with Gasteiger partial charge in [-0.05, 0) is 17.2 Å². The van der Waals surface area contributed by atoms with Gasteiger partial charge in [0, 0.05) is 6.07 Å². The number of carbonyl (C=O) groups is 1. The number of non-ortho nitro benzene ring substituents is 1. The van der Waals surface area contributed by atoms with E-state index in [1.807, 2.05) is 6.07 Å². The molecule has 6 heteroatoms. The summed E-state index contributed by atoms with van der Waals surface area (Å²) in [6.45, 7) is 0. The number of aldehydes is 1. The van der Waals surface area contributed by atoms with Crippen molar-refractivity contribution < 1.29 is 14.1 Å². The third-order valence-electron chi connectivity index (χ3n) is 3.31. The largest absolute Gasteiger partial charge is 0.456 e. The predicted octanol–water partition coefficient (Wildman–Crippen LogP) is 3.18. The maximum Gasteiger partial charge on any atom is 0.312 e. The van der Waals surface area contributed by atoms with Crippen LogP contribution >= 0.6 is 0 Å². The summed E-state index contributed by atoms with van der Waals surface area (Å²) in [5, 5.41) is 11.2. The predicted molar refractivity (Wildman–Crippen MR) is 80.0 cm³/mol. The average molecular weight is 295 g/mol. The van der Waals surface area contributed by atoms with Crippen molar-refractivity contribution in [1.29, 1.82) is 0 Å². The topological polar surface area (TPSA) is 90.4 Å². The molecule has 22 heavy (non-hydrogen) atoms. The summed E-state index contributed by atoms with van der Waals surface area (Å²) < 4.78 is 5.12. The molecule has 0 aliphatic rings. The minimum absolute atomic E-state index is 0.0117. The van der Waals surface area contributed by atoms with Gasteiger partial charge in [0.2, 0.25) is 11.0 Å². The van der Waals surface area contributed by atoms with E-state index in [1.165, 1.54) is 12.1 Å². The summed E-state index contributed by atoms with van der Waals surface area (Å²) in [6.07, 6.45) is 1.30. The molecule has 6 nitrogen and oxygen atoms in total. The van der Waals surface area contributed by atoms with Crippen LogP contribution in [-0.2, 0) is 0 Å². The fourth-order valence-electron chi connectivity index (χ4n) is 2.25. The first-order valence-corrected chi connectivity index (χ1v) is 6.36. The van der Waals surface area contributed by atoms with E-state index >= 15 is 0 Å². The summed E-state index contributed by atoms with van der Waals surface area (Å²) in [6, 6.07) is 11.8. The molecule has 0 radical (unpaired) electrons. The Morgan fingerprint density at radius 2 is 1.82 bits per heavy atom. The quantitative estimate of drug-likeness (QED) is 0.420. The smallest absolute Gasteiger partial charge is 0.312 e. The van der Waals surface area contributed by atoms with E-state index in [0.717, 1.165) is 11.8 Å². The van der Waals surface area contributed by atoms with Gasteiger partial charge in [0.1, 0.15) is 6.26 Å². The molecule has 3 rings (SSSR count). The zero-order valence-electron chi connectivity index (χ0n) is 11.2. The Balaban J connectivity index is 2.42. The molecule has 3 aromatic rings. The van der Waals surface area contributed by atoms with Crippen LogP contribution in [0.4, 0.5) is 5.69 Å². The molecule has 2 aromatic carbocycles. The van der Waals surface area contributed by atoms with Crippen molar-refractivity contribution >= 4 is 22.9 Å². The van der Waals surface area contributed by atoms with Crippen LogP contribution in [0.3, 0.4) is 0 Å². The number of hydrogen-bond donors (Lipinski definition) is 0. The van der Waals surface area contributed by atoms with Crippen molar-refractivity contribution in [2.24, 2.45) is 0 Å². The molecule has 0 atom stereocenters. The number of nitro benzene ring substituents is 1. The Bertz CT molecular complexity index is 944. The Morgan fingerprint density at radius 1 is 1.09 bits per heavy atom. The SMILES string of the molecule is O=Cc1coc2c([N+](=O)[O-])cc(-c3ccccc3)cc2c1=O. The van der Waals surface area contributed by atoms with Gasteiger partial charge < -0.3 is 4.42 Å². The first kappa shape index (κ1) is 13.7. The monoisotopic (exact) mass is 295 g/mol. The molecule has 1 aromatic heterocycles. The van der Waals surface area contributed by atoms with Gasteiger partial charge in [-0.25, -0.2) is 0 Å². The molecular weight excluding hydrogens is 286 g/mol. The van der Waals surface area contributed by atoms with E-state index in [4.69, 9.17) is 4.42 Å². The molecule has 0 unspecified atom stereocenters. The Labute approximate surface area is 123 Å². The summed E-state index contributed by atoms with van der Waals surface area (Å²) in [5.74, 6) is 0. The van der Waals surface area contributed by atoms with E-state index in [0.29, 0.717) is 11.8 Å². The van der Waals surface area contributed by atoms with Crippen molar-refractivity contribution in [3.05, 3.63) is 74.6 Å². The second-order valence-corrected chi connectivity index (χ2v) is 4.63. The first-order chi connectivity index (χ1) is 10.6. The van der Waals surface area contributed by atoms with Crippen LogP contribution in [0, 0.1) is 10.1 Å². The van der Waals surface area contributed by atoms with Crippen molar-refractivity contribution in [1.82, 2.24) is 0 Å². The summed E-state index contributed by atoms with van der Waals surface area (Å²) in [7, 11) is 0.